The van der Waals surface area contributed by atoms with Gasteiger partial charge in [-0.15, -0.1) is 0 Å². The third-order valence-electron chi connectivity index (χ3n) is 6.38. The van der Waals surface area contributed by atoms with Crippen molar-refractivity contribution in [3.05, 3.63) is 101 Å². The number of aliphatic hydroxyl groups excluding tert-OH is 1. The number of phenolic OH excluding ortho intramolecular Hbond substituents is 1. The number of hydrogen-bond donors (Lipinski definition) is 2. The molecule has 6 nitrogen and oxygen atoms in total. The van der Waals surface area contributed by atoms with E-state index < -0.39 is 17.7 Å². The molecule has 3 aromatic rings. The molecule has 5 rings (SSSR count). The Morgan fingerprint density at radius 1 is 1.03 bits per heavy atom. The van der Waals surface area contributed by atoms with Gasteiger partial charge in [0.15, 0.2) is 0 Å². The maximum Gasteiger partial charge on any atom is 0.295 e. The van der Waals surface area contributed by atoms with Crippen molar-refractivity contribution in [2.24, 2.45) is 0 Å². The summed E-state index contributed by atoms with van der Waals surface area (Å²) in [5.41, 5.74) is 3.03. The van der Waals surface area contributed by atoms with Crippen molar-refractivity contribution in [1.29, 1.82) is 0 Å². The molecule has 2 atom stereocenters. The van der Waals surface area contributed by atoms with E-state index >= 15 is 0 Å². The fourth-order valence-corrected chi connectivity index (χ4v) is 4.77. The van der Waals surface area contributed by atoms with Gasteiger partial charge in [-0.2, -0.15) is 0 Å². The summed E-state index contributed by atoms with van der Waals surface area (Å²) in [4.78, 5) is 27.8. The number of benzene rings is 3. The molecule has 0 bridgehead atoms. The molecule has 0 aromatic heterocycles. The highest BCUT2D eigenvalue weighted by atomic mass is 16.5. The van der Waals surface area contributed by atoms with E-state index in [4.69, 9.17) is 4.74 Å². The molecule has 2 aliphatic heterocycles. The Morgan fingerprint density at radius 2 is 1.82 bits per heavy atom. The van der Waals surface area contributed by atoms with Crippen molar-refractivity contribution in [2.75, 3.05) is 6.54 Å². The Balaban J connectivity index is 1.58. The predicted octanol–water partition coefficient (Wildman–Crippen LogP) is 4.38. The molecule has 2 heterocycles. The van der Waals surface area contributed by atoms with Crippen LogP contribution in [-0.2, 0) is 22.4 Å². The summed E-state index contributed by atoms with van der Waals surface area (Å²) in [6, 6.07) is 20.7. The predicted molar refractivity (Wildman–Crippen MR) is 127 cm³/mol. The average molecular weight is 456 g/mol. The summed E-state index contributed by atoms with van der Waals surface area (Å²) in [6.07, 6.45) is 1.30. The first-order chi connectivity index (χ1) is 16.4. The van der Waals surface area contributed by atoms with E-state index in [1.54, 1.807) is 24.3 Å². The number of carbonyl (C=O) groups excluding carboxylic acids is 2. The van der Waals surface area contributed by atoms with Crippen molar-refractivity contribution >= 4 is 17.4 Å². The van der Waals surface area contributed by atoms with E-state index in [2.05, 4.69) is 0 Å². The van der Waals surface area contributed by atoms with Crippen molar-refractivity contribution in [1.82, 2.24) is 4.90 Å². The second kappa shape index (κ2) is 8.71. The minimum Gasteiger partial charge on any atom is -0.508 e. The van der Waals surface area contributed by atoms with E-state index in [1.165, 1.54) is 17.0 Å². The van der Waals surface area contributed by atoms with Crippen LogP contribution in [-0.4, -0.2) is 39.5 Å². The zero-order chi connectivity index (χ0) is 23.8. The fraction of sp³-hybridized carbons (Fsp3) is 0.214. The Bertz CT molecular complexity index is 1300. The molecule has 0 spiro atoms. The molecule has 2 aliphatic rings. The number of hydrogen-bond acceptors (Lipinski definition) is 5. The molecule has 0 aliphatic carbocycles. The highest BCUT2D eigenvalue weighted by Gasteiger charge is 2.46. The Kier molecular flexibility index (Phi) is 5.57. The minimum absolute atomic E-state index is 0.0230. The van der Waals surface area contributed by atoms with Gasteiger partial charge >= 0.3 is 0 Å². The summed E-state index contributed by atoms with van der Waals surface area (Å²) >= 11 is 0. The second-order valence-corrected chi connectivity index (χ2v) is 8.78. The van der Waals surface area contributed by atoms with Gasteiger partial charge in [0.25, 0.3) is 11.7 Å². The SMILES string of the molecule is C[C@H]1Cc2cc(C(O)=C3C(=O)C(=O)N(CCc4ccccc4)[C@H]3c3cccc(O)c3)ccc2O1. The number of fused-ring (bicyclic) bond motifs is 1. The number of Topliss-reactive ketones (excluding diaryl/α,β-unsaturated/α-hetero) is 1. The third kappa shape index (κ3) is 3.92. The summed E-state index contributed by atoms with van der Waals surface area (Å²) in [5, 5.41) is 21.4. The van der Waals surface area contributed by atoms with Gasteiger partial charge in [-0.25, -0.2) is 0 Å². The number of ether oxygens (including phenoxy) is 1. The zero-order valence-corrected chi connectivity index (χ0v) is 18.8. The monoisotopic (exact) mass is 455 g/mol. The quantitative estimate of drug-likeness (QED) is 0.339. The number of likely N-dealkylation sites (tertiary alicyclic amines) is 1. The van der Waals surface area contributed by atoms with E-state index in [-0.39, 0.29) is 23.2 Å². The van der Waals surface area contributed by atoms with Gasteiger partial charge in [0, 0.05) is 18.5 Å². The van der Waals surface area contributed by atoms with Gasteiger partial charge in [0.1, 0.15) is 23.4 Å². The van der Waals surface area contributed by atoms with Crippen LogP contribution in [0, 0.1) is 0 Å². The largest absolute Gasteiger partial charge is 0.508 e. The first-order valence-electron chi connectivity index (χ1n) is 11.3. The van der Waals surface area contributed by atoms with Crippen LogP contribution in [0.4, 0.5) is 0 Å². The molecule has 3 aromatic carbocycles. The van der Waals surface area contributed by atoms with Gasteiger partial charge in [-0.3, -0.25) is 9.59 Å². The molecule has 6 heteroatoms. The van der Waals surface area contributed by atoms with Gasteiger partial charge in [-0.1, -0.05) is 42.5 Å². The van der Waals surface area contributed by atoms with Gasteiger partial charge in [0.05, 0.1) is 11.6 Å². The number of aromatic hydroxyl groups is 1. The third-order valence-corrected chi connectivity index (χ3v) is 6.38. The molecule has 0 saturated carbocycles. The number of carbonyl (C=O) groups is 2. The van der Waals surface area contributed by atoms with Crippen LogP contribution >= 0.6 is 0 Å². The lowest BCUT2D eigenvalue weighted by Crippen LogP contribution is -2.31. The molecule has 1 fully saturated rings. The number of aliphatic hydroxyl groups is 1. The normalized spacial score (nSPS) is 20.9. The van der Waals surface area contributed by atoms with E-state index in [1.807, 2.05) is 43.3 Å². The Hall–Kier alpha value is -4.06. The summed E-state index contributed by atoms with van der Waals surface area (Å²) in [7, 11) is 0. The lowest BCUT2D eigenvalue weighted by atomic mass is 9.94. The highest BCUT2D eigenvalue weighted by Crippen LogP contribution is 2.41. The zero-order valence-electron chi connectivity index (χ0n) is 18.8. The van der Waals surface area contributed by atoms with E-state index in [9.17, 15) is 19.8 Å². The van der Waals surface area contributed by atoms with E-state index in [0.717, 1.165) is 16.9 Å². The Labute approximate surface area is 197 Å². The number of rotatable bonds is 5. The molecule has 34 heavy (non-hydrogen) atoms. The number of nitrogens with zero attached hydrogens (tertiary/aromatic N) is 1. The van der Waals surface area contributed by atoms with Crippen LogP contribution in [0.5, 0.6) is 11.5 Å². The molecule has 1 amide bonds. The van der Waals surface area contributed by atoms with Crippen LogP contribution in [0.3, 0.4) is 0 Å². The molecule has 0 radical (unpaired) electrons. The summed E-state index contributed by atoms with van der Waals surface area (Å²) in [6.45, 7) is 2.26. The Morgan fingerprint density at radius 3 is 2.59 bits per heavy atom. The maximum atomic E-state index is 13.2. The average Bonchev–Trinajstić information content (AvgIpc) is 3.33. The second-order valence-electron chi connectivity index (χ2n) is 8.78. The number of amides is 1. The molecule has 0 unspecified atom stereocenters. The fourth-order valence-electron chi connectivity index (χ4n) is 4.77. The van der Waals surface area contributed by atoms with Gasteiger partial charge < -0.3 is 19.8 Å². The number of phenols is 1. The van der Waals surface area contributed by atoms with Crippen molar-refractivity contribution in [3.63, 3.8) is 0 Å². The van der Waals surface area contributed by atoms with Crippen LogP contribution < -0.4 is 4.74 Å². The number of ketones is 1. The smallest absolute Gasteiger partial charge is 0.295 e. The summed E-state index contributed by atoms with van der Waals surface area (Å²) in [5.74, 6) is -0.837. The van der Waals surface area contributed by atoms with Crippen LogP contribution in [0.1, 0.15) is 35.2 Å². The van der Waals surface area contributed by atoms with Gasteiger partial charge in [0.2, 0.25) is 0 Å². The van der Waals surface area contributed by atoms with Gasteiger partial charge in [-0.05, 0) is 60.4 Å². The van der Waals surface area contributed by atoms with Crippen LogP contribution in [0.2, 0.25) is 0 Å². The molecular formula is C28H25NO5. The first-order valence-corrected chi connectivity index (χ1v) is 11.3. The summed E-state index contributed by atoms with van der Waals surface area (Å²) < 4.78 is 5.75. The molecule has 172 valence electrons. The maximum absolute atomic E-state index is 13.2. The van der Waals surface area contributed by atoms with Crippen LogP contribution in [0.25, 0.3) is 5.76 Å². The van der Waals surface area contributed by atoms with Crippen molar-refractivity contribution < 1.29 is 24.5 Å². The van der Waals surface area contributed by atoms with Crippen LogP contribution in [0.15, 0.2) is 78.4 Å². The van der Waals surface area contributed by atoms with Crippen molar-refractivity contribution in [2.45, 2.75) is 31.9 Å². The molecular weight excluding hydrogens is 430 g/mol. The van der Waals surface area contributed by atoms with Crippen molar-refractivity contribution in [3.8, 4) is 11.5 Å². The van der Waals surface area contributed by atoms with E-state index in [0.29, 0.717) is 30.5 Å². The standard InChI is InChI=1S/C28H25NO5/c1-17-14-21-15-20(10-11-23(21)34-17)26(31)24-25(19-8-5-9-22(30)16-19)29(28(33)27(24)32)13-12-18-6-3-2-4-7-18/h2-11,15-17,25,30-31H,12-14H2,1H3/t17-,25-/m0/s1. The molecule has 2 N–H and O–H groups in total. The lowest BCUT2D eigenvalue weighted by Gasteiger charge is -2.25. The topological polar surface area (TPSA) is 87.1 Å². The minimum atomic E-state index is -0.806. The first kappa shape index (κ1) is 21.8. The lowest BCUT2D eigenvalue weighted by molar-refractivity contribution is -0.139. The molecule has 1 saturated heterocycles. The highest BCUT2D eigenvalue weighted by molar-refractivity contribution is 6.46.